The first-order chi connectivity index (χ1) is 10.3. The SMILES string of the molecule is O=C1Cc2cc(S(=O)(=O)Nc3ccc(F)c(F)c3)ccc2N1. The predicted molar refractivity (Wildman–Crippen MR) is 75.9 cm³/mol. The third-order valence-corrected chi connectivity index (χ3v) is 4.56. The fourth-order valence-electron chi connectivity index (χ4n) is 2.15. The Morgan fingerprint density at radius 1 is 1.05 bits per heavy atom. The first kappa shape index (κ1) is 14.5. The second-order valence-corrected chi connectivity index (χ2v) is 6.46. The highest BCUT2D eigenvalue weighted by Gasteiger charge is 2.22. The van der Waals surface area contributed by atoms with Crippen LogP contribution in [0.4, 0.5) is 20.2 Å². The van der Waals surface area contributed by atoms with E-state index in [0.29, 0.717) is 11.3 Å². The van der Waals surface area contributed by atoms with Gasteiger partial charge in [0.2, 0.25) is 5.91 Å². The highest BCUT2D eigenvalue weighted by atomic mass is 32.2. The van der Waals surface area contributed by atoms with Crippen LogP contribution >= 0.6 is 0 Å². The largest absolute Gasteiger partial charge is 0.326 e. The molecule has 1 aliphatic heterocycles. The van der Waals surface area contributed by atoms with E-state index in [1.54, 1.807) is 0 Å². The van der Waals surface area contributed by atoms with Gasteiger partial charge in [-0.05, 0) is 35.9 Å². The van der Waals surface area contributed by atoms with Crippen LogP contribution in [0, 0.1) is 11.6 Å². The maximum absolute atomic E-state index is 13.1. The number of anilines is 2. The lowest BCUT2D eigenvalue weighted by Gasteiger charge is -2.09. The van der Waals surface area contributed by atoms with Crippen LogP contribution in [0.25, 0.3) is 0 Å². The van der Waals surface area contributed by atoms with E-state index in [2.05, 4.69) is 10.0 Å². The lowest BCUT2D eigenvalue weighted by molar-refractivity contribution is -0.115. The number of carbonyl (C=O) groups excluding carboxylic acids is 1. The van der Waals surface area contributed by atoms with Gasteiger partial charge in [0.25, 0.3) is 10.0 Å². The Bertz CT molecular complexity index is 882. The topological polar surface area (TPSA) is 75.3 Å². The van der Waals surface area contributed by atoms with Gasteiger partial charge >= 0.3 is 0 Å². The minimum atomic E-state index is -3.96. The Labute approximate surface area is 125 Å². The molecule has 0 unspecified atom stereocenters. The Kier molecular flexibility index (Phi) is 3.32. The average Bonchev–Trinajstić information content (AvgIpc) is 2.81. The molecule has 0 saturated heterocycles. The number of halogens is 2. The van der Waals surface area contributed by atoms with Crippen LogP contribution in [0.3, 0.4) is 0 Å². The molecule has 2 aromatic rings. The minimum Gasteiger partial charge on any atom is -0.326 e. The standard InChI is InChI=1S/C14H10F2N2O3S/c15-11-3-1-9(7-12(11)16)18-22(20,21)10-2-4-13-8(5-10)6-14(19)17-13/h1-5,7,18H,6H2,(H,17,19). The average molecular weight is 324 g/mol. The van der Waals surface area contributed by atoms with Crippen LogP contribution in [0.1, 0.15) is 5.56 Å². The summed E-state index contributed by atoms with van der Waals surface area (Å²) in [6.45, 7) is 0. The van der Waals surface area contributed by atoms with Gasteiger partial charge in [-0.15, -0.1) is 0 Å². The van der Waals surface area contributed by atoms with Crippen molar-refractivity contribution in [1.82, 2.24) is 0 Å². The molecule has 3 rings (SSSR count). The zero-order valence-corrected chi connectivity index (χ0v) is 11.9. The van der Waals surface area contributed by atoms with E-state index in [1.165, 1.54) is 18.2 Å². The fraction of sp³-hybridized carbons (Fsp3) is 0.0714. The van der Waals surface area contributed by atoms with Crippen LogP contribution < -0.4 is 10.0 Å². The maximum Gasteiger partial charge on any atom is 0.261 e. The Balaban J connectivity index is 1.92. The van der Waals surface area contributed by atoms with Crippen LogP contribution in [0.5, 0.6) is 0 Å². The van der Waals surface area contributed by atoms with Crippen LogP contribution in [0.15, 0.2) is 41.3 Å². The first-order valence-corrected chi connectivity index (χ1v) is 7.74. The molecule has 0 atom stereocenters. The molecule has 0 fully saturated rings. The van der Waals surface area contributed by atoms with Gasteiger partial charge in [-0.25, -0.2) is 17.2 Å². The molecule has 0 saturated carbocycles. The molecule has 1 amide bonds. The summed E-state index contributed by atoms with van der Waals surface area (Å²) in [5.41, 5.74) is 1.04. The molecule has 2 N–H and O–H groups in total. The molecule has 0 aliphatic carbocycles. The van der Waals surface area contributed by atoms with E-state index in [9.17, 15) is 22.0 Å². The lowest BCUT2D eigenvalue weighted by Crippen LogP contribution is -2.13. The Morgan fingerprint density at radius 2 is 1.82 bits per heavy atom. The molecule has 1 heterocycles. The van der Waals surface area contributed by atoms with Crippen LogP contribution in [0.2, 0.25) is 0 Å². The highest BCUT2D eigenvalue weighted by molar-refractivity contribution is 7.92. The van der Waals surface area contributed by atoms with Crippen molar-refractivity contribution in [3.05, 3.63) is 53.6 Å². The number of benzene rings is 2. The number of hydrogen-bond acceptors (Lipinski definition) is 3. The normalized spacial score (nSPS) is 13.6. The van der Waals surface area contributed by atoms with Gasteiger partial charge in [-0.2, -0.15) is 0 Å². The van der Waals surface area contributed by atoms with E-state index in [4.69, 9.17) is 0 Å². The summed E-state index contributed by atoms with van der Waals surface area (Å²) in [5, 5.41) is 2.59. The van der Waals surface area contributed by atoms with Gasteiger partial charge in [0, 0.05) is 11.8 Å². The predicted octanol–water partition coefficient (Wildman–Crippen LogP) is 2.26. The summed E-state index contributed by atoms with van der Waals surface area (Å²) in [5.74, 6) is -2.42. The van der Waals surface area contributed by atoms with Crippen molar-refractivity contribution in [2.45, 2.75) is 11.3 Å². The summed E-state index contributed by atoms with van der Waals surface area (Å²) in [6.07, 6.45) is 0.101. The van der Waals surface area contributed by atoms with Gasteiger partial charge in [-0.1, -0.05) is 0 Å². The smallest absolute Gasteiger partial charge is 0.261 e. The molecular formula is C14H10F2N2O3S. The van der Waals surface area contributed by atoms with Crippen molar-refractivity contribution >= 4 is 27.3 Å². The van der Waals surface area contributed by atoms with Crippen molar-refractivity contribution in [2.24, 2.45) is 0 Å². The van der Waals surface area contributed by atoms with Crippen molar-refractivity contribution in [2.75, 3.05) is 10.0 Å². The fourth-order valence-corrected chi connectivity index (χ4v) is 3.25. The third kappa shape index (κ3) is 2.64. The summed E-state index contributed by atoms with van der Waals surface area (Å²) >= 11 is 0. The molecule has 114 valence electrons. The number of nitrogens with one attached hydrogen (secondary N) is 2. The van der Waals surface area contributed by atoms with E-state index in [-0.39, 0.29) is 22.9 Å². The first-order valence-electron chi connectivity index (χ1n) is 6.26. The molecule has 8 heteroatoms. The molecule has 0 aromatic heterocycles. The molecule has 2 aromatic carbocycles. The quantitative estimate of drug-likeness (QED) is 0.909. The molecule has 1 aliphatic rings. The molecule has 22 heavy (non-hydrogen) atoms. The second kappa shape index (κ2) is 5.06. The zero-order valence-electron chi connectivity index (χ0n) is 11.1. The van der Waals surface area contributed by atoms with Crippen molar-refractivity contribution in [1.29, 1.82) is 0 Å². The summed E-state index contributed by atoms with van der Waals surface area (Å²) < 4.78 is 52.6. The zero-order chi connectivity index (χ0) is 15.9. The number of hydrogen-bond donors (Lipinski definition) is 2. The van der Waals surface area contributed by atoms with Gasteiger partial charge in [0.1, 0.15) is 0 Å². The number of sulfonamides is 1. The summed E-state index contributed by atoms with van der Waals surface area (Å²) in [6, 6.07) is 6.89. The second-order valence-electron chi connectivity index (χ2n) is 4.78. The third-order valence-electron chi connectivity index (χ3n) is 3.18. The van der Waals surface area contributed by atoms with Gasteiger partial charge in [0.05, 0.1) is 17.0 Å². The van der Waals surface area contributed by atoms with Crippen molar-refractivity contribution in [3.8, 4) is 0 Å². The van der Waals surface area contributed by atoms with E-state index in [1.807, 2.05) is 0 Å². The van der Waals surface area contributed by atoms with Crippen LogP contribution in [-0.2, 0) is 21.2 Å². The number of amides is 1. The molecule has 5 nitrogen and oxygen atoms in total. The maximum atomic E-state index is 13.1. The Morgan fingerprint density at radius 3 is 2.55 bits per heavy atom. The number of carbonyl (C=O) groups is 1. The van der Waals surface area contributed by atoms with E-state index >= 15 is 0 Å². The van der Waals surface area contributed by atoms with Gasteiger partial charge in [-0.3, -0.25) is 9.52 Å². The molecule has 0 bridgehead atoms. The lowest BCUT2D eigenvalue weighted by atomic mass is 10.2. The molecule has 0 spiro atoms. The molecular weight excluding hydrogens is 314 g/mol. The number of fused-ring (bicyclic) bond motifs is 1. The Hall–Kier alpha value is -2.48. The van der Waals surface area contributed by atoms with E-state index in [0.717, 1.165) is 18.2 Å². The van der Waals surface area contributed by atoms with Crippen molar-refractivity contribution in [3.63, 3.8) is 0 Å². The summed E-state index contributed by atoms with van der Waals surface area (Å²) in [4.78, 5) is 11.2. The minimum absolute atomic E-state index is 0.0625. The highest BCUT2D eigenvalue weighted by Crippen LogP contribution is 2.27. The summed E-state index contributed by atoms with van der Waals surface area (Å²) in [7, 11) is -3.96. The van der Waals surface area contributed by atoms with Crippen molar-refractivity contribution < 1.29 is 22.0 Å². The van der Waals surface area contributed by atoms with Gasteiger partial charge < -0.3 is 5.32 Å². The van der Waals surface area contributed by atoms with E-state index < -0.39 is 21.7 Å². The van der Waals surface area contributed by atoms with Gasteiger partial charge in [0.15, 0.2) is 11.6 Å². The van der Waals surface area contributed by atoms with Crippen LogP contribution in [-0.4, -0.2) is 14.3 Å². The monoisotopic (exact) mass is 324 g/mol. The molecule has 0 radical (unpaired) electrons. The number of rotatable bonds is 3.